The number of anilines is 1. The van der Waals surface area contributed by atoms with Gasteiger partial charge in [0.1, 0.15) is 6.61 Å². The Morgan fingerprint density at radius 1 is 1.00 bits per heavy atom. The molecule has 2 fully saturated rings. The lowest BCUT2D eigenvalue weighted by Gasteiger charge is -2.28. The zero-order chi connectivity index (χ0) is 25.1. The summed E-state index contributed by atoms with van der Waals surface area (Å²) in [6.07, 6.45) is 6.34. The molecule has 0 radical (unpaired) electrons. The second kappa shape index (κ2) is 11.1. The Kier molecular flexibility index (Phi) is 7.65. The van der Waals surface area contributed by atoms with Crippen LogP contribution in [0.3, 0.4) is 0 Å². The molecule has 1 atom stereocenters. The van der Waals surface area contributed by atoms with Crippen molar-refractivity contribution in [3.8, 4) is 16.9 Å². The quantitative estimate of drug-likeness (QED) is 0.415. The van der Waals surface area contributed by atoms with E-state index in [0.29, 0.717) is 26.9 Å². The molecule has 0 aliphatic carbocycles. The van der Waals surface area contributed by atoms with Crippen LogP contribution in [0.5, 0.6) is 5.75 Å². The highest BCUT2D eigenvalue weighted by Gasteiger charge is 2.31. The fourth-order valence-electron chi connectivity index (χ4n) is 5.10. The largest absolute Gasteiger partial charge is 0.485 e. The molecule has 188 valence electrons. The van der Waals surface area contributed by atoms with Crippen molar-refractivity contribution in [3.63, 3.8) is 0 Å². The van der Waals surface area contributed by atoms with Gasteiger partial charge in [0.2, 0.25) is 0 Å². The summed E-state index contributed by atoms with van der Waals surface area (Å²) in [5, 5.41) is 1.06. The Labute approximate surface area is 222 Å². The molecule has 36 heavy (non-hydrogen) atoms. The van der Waals surface area contributed by atoms with Crippen molar-refractivity contribution in [1.82, 2.24) is 14.8 Å². The Morgan fingerprint density at radius 3 is 2.53 bits per heavy atom. The van der Waals surface area contributed by atoms with E-state index in [1.807, 2.05) is 30.3 Å². The predicted molar refractivity (Wildman–Crippen MR) is 145 cm³/mol. The van der Waals surface area contributed by atoms with Crippen molar-refractivity contribution in [2.75, 3.05) is 31.9 Å². The number of hydrogen-bond acceptors (Lipinski definition) is 5. The SMILES string of the molecule is Nc1ncc(-c2cccc(C(=O)N3CCC[C@@H]3CN3CCCC3)c2)cc1OCc1c(Cl)cccc1Cl. The van der Waals surface area contributed by atoms with Gasteiger partial charge in [0.25, 0.3) is 5.91 Å². The fourth-order valence-corrected chi connectivity index (χ4v) is 5.61. The molecule has 8 heteroatoms. The molecule has 1 aromatic heterocycles. The van der Waals surface area contributed by atoms with Crippen LogP contribution in [0.25, 0.3) is 11.1 Å². The molecule has 2 N–H and O–H groups in total. The van der Waals surface area contributed by atoms with E-state index in [0.717, 1.165) is 50.1 Å². The number of benzene rings is 2. The molecule has 2 aliphatic rings. The highest BCUT2D eigenvalue weighted by molar-refractivity contribution is 6.35. The topological polar surface area (TPSA) is 71.7 Å². The third-order valence-corrected chi connectivity index (χ3v) is 7.77. The highest BCUT2D eigenvalue weighted by atomic mass is 35.5. The fraction of sp³-hybridized carbons (Fsp3) is 0.357. The van der Waals surface area contributed by atoms with E-state index in [4.69, 9.17) is 33.7 Å². The summed E-state index contributed by atoms with van der Waals surface area (Å²) in [7, 11) is 0. The van der Waals surface area contributed by atoms with E-state index in [-0.39, 0.29) is 24.4 Å². The third kappa shape index (κ3) is 5.46. The van der Waals surface area contributed by atoms with Crippen molar-refractivity contribution in [2.24, 2.45) is 0 Å². The molecule has 3 heterocycles. The molecule has 3 aromatic rings. The van der Waals surface area contributed by atoms with Gasteiger partial charge in [0.05, 0.1) is 0 Å². The Bertz CT molecular complexity index is 1230. The number of hydrogen-bond donors (Lipinski definition) is 1. The predicted octanol–water partition coefficient (Wildman–Crippen LogP) is 5.92. The zero-order valence-electron chi connectivity index (χ0n) is 20.1. The second-order valence-corrected chi connectivity index (χ2v) is 10.3. The summed E-state index contributed by atoms with van der Waals surface area (Å²) in [4.78, 5) is 22.3. The standard InChI is InChI=1S/C28H30Cl2N4O2/c29-24-9-4-10-25(30)23(24)18-36-26-15-21(16-32-27(26)31)19-6-3-7-20(14-19)28(35)34-13-5-8-22(34)17-33-11-1-2-12-33/h3-4,6-7,9-10,14-16,22H,1-2,5,8,11-13,17-18H2,(H2,31,32)/t22-/m1/s1. The number of pyridine rings is 1. The van der Waals surface area contributed by atoms with E-state index in [2.05, 4.69) is 14.8 Å². The normalized spacial score (nSPS) is 18.1. The van der Waals surface area contributed by atoms with E-state index in [1.54, 1.807) is 24.4 Å². The molecule has 2 aromatic carbocycles. The van der Waals surface area contributed by atoms with Crippen LogP contribution in [0.1, 0.15) is 41.6 Å². The number of halogens is 2. The first-order valence-corrected chi connectivity index (χ1v) is 13.2. The van der Waals surface area contributed by atoms with E-state index in [1.165, 1.54) is 12.8 Å². The minimum atomic E-state index is 0.0896. The van der Waals surface area contributed by atoms with Crippen LogP contribution in [0, 0.1) is 0 Å². The molecular weight excluding hydrogens is 495 g/mol. The average molecular weight is 525 g/mol. The molecule has 2 saturated heterocycles. The lowest BCUT2D eigenvalue weighted by atomic mass is 10.0. The lowest BCUT2D eigenvalue weighted by Crippen LogP contribution is -2.42. The molecule has 0 saturated carbocycles. The number of rotatable bonds is 7. The zero-order valence-corrected chi connectivity index (χ0v) is 21.6. The first kappa shape index (κ1) is 24.9. The van der Waals surface area contributed by atoms with Crippen LogP contribution in [0.15, 0.2) is 54.7 Å². The Morgan fingerprint density at radius 2 is 1.75 bits per heavy atom. The summed E-state index contributed by atoms with van der Waals surface area (Å²) < 4.78 is 5.95. The lowest BCUT2D eigenvalue weighted by molar-refractivity contribution is 0.0709. The molecule has 1 amide bonds. The molecule has 2 aliphatic heterocycles. The maximum atomic E-state index is 13.5. The van der Waals surface area contributed by atoms with Gasteiger partial charge in [0.15, 0.2) is 11.6 Å². The van der Waals surface area contributed by atoms with E-state index < -0.39 is 0 Å². The van der Waals surface area contributed by atoms with E-state index >= 15 is 0 Å². The van der Waals surface area contributed by atoms with Gasteiger partial charge in [-0.15, -0.1) is 0 Å². The molecule has 0 spiro atoms. The number of carbonyl (C=O) groups excluding carboxylic acids is 1. The van der Waals surface area contributed by atoms with Crippen LogP contribution >= 0.6 is 23.2 Å². The second-order valence-electron chi connectivity index (χ2n) is 9.48. The average Bonchev–Trinajstić information content (AvgIpc) is 3.57. The molecule has 0 unspecified atom stereocenters. The summed E-state index contributed by atoms with van der Waals surface area (Å²) in [6, 6.07) is 15.1. The number of ether oxygens (including phenoxy) is 1. The summed E-state index contributed by atoms with van der Waals surface area (Å²) in [5.41, 5.74) is 9.15. The maximum absolute atomic E-state index is 13.5. The van der Waals surface area contributed by atoms with Crippen LogP contribution in [-0.4, -0.2) is 52.9 Å². The summed E-state index contributed by atoms with van der Waals surface area (Å²) >= 11 is 12.5. The van der Waals surface area contributed by atoms with Crippen molar-refractivity contribution in [1.29, 1.82) is 0 Å². The first-order chi connectivity index (χ1) is 17.5. The Balaban J connectivity index is 1.33. The van der Waals surface area contributed by atoms with Crippen LogP contribution in [-0.2, 0) is 6.61 Å². The molecule has 0 bridgehead atoms. The minimum absolute atomic E-state index is 0.0896. The van der Waals surface area contributed by atoms with Gasteiger partial charge < -0.3 is 20.3 Å². The first-order valence-electron chi connectivity index (χ1n) is 12.4. The van der Waals surface area contributed by atoms with Crippen LogP contribution in [0.2, 0.25) is 10.0 Å². The van der Waals surface area contributed by atoms with Crippen molar-refractivity contribution >= 4 is 34.9 Å². The monoisotopic (exact) mass is 524 g/mol. The van der Waals surface area contributed by atoms with Gasteiger partial charge in [0, 0.05) is 52.1 Å². The van der Waals surface area contributed by atoms with Gasteiger partial charge in [-0.1, -0.05) is 41.4 Å². The van der Waals surface area contributed by atoms with Crippen LogP contribution in [0.4, 0.5) is 5.82 Å². The molecule has 5 rings (SSSR count). The number of carbonyl (C=O) groups is 1. The van der Waals surface area contributed by atoms with Gasteiger partial charge >= 0.3 is 0 Å². The van der Waals surface area contributed by atoms with Crippen molar-refractivity contribution in [2.45, 2.75) is 38.3 Å². The molecule has 6 nitrogen and oxygen atoms in total. The van der Waals surface area contributed by atoms with E-state index in [9.17, 15) is 4.79 Å². The van der Waals surface area contributed by atoms with Gasteiger partial charge in [-0.3, -0.25) is 4.79 Å². The maximum Gasteiger partial charge on any atom is 0.254 e. The van der Waals surface area contributed by atoms with Crippen molar-refractivity contribution < 1.29 is 9.53 Å². The van der Waals surface area contributed by atoms with Gasteiger partial charge in [-0.2, -0.15) is 0 Å². The Hall–Kier alpha value is -2.80. The number of nitrogens with two attached hydrogens (primary N) is 1. The summed E-state index contributed by atoms with van der Waals surface area (Å²) in [5.74, 6) is 0.799. The summed E-state index contributed by atoms with van der Waals surface area (Å²) in [6.45, 7) is 4.24. The highest BCUT2D eigenvalue weighted by Crippen LogP contribution is 2.31. The van der Waals surface area contributed by atoms with Crippen LogP contribution < -0.4 is 10.5 Å². The smallest absolute Gasteiger partial charge is 0.254 e. The minimum Gasteiger partial charge on any atom is -0.485 e. The number of nitrogens with zero attached hydrogens (tertiary/aromatic N) is 3. The number of aromatic nitrogens is 1. The third-order valence-electron chi connectivity index (χ3n) is 7.06. The van der Waals surface area contributed by atoms with Gasteiger partial charge in [-0.25, -0.2) is 4.98 Å². The number of likely N-dealkylation sites (tertiary alicyclic amines) is 2. The number of amides is 1. The number of nitrogen functional groups attached to an aromatic ring is 1. The van der Waals surface area contributed by atoms with Crippen molar-refractivity contribution in [3.05, 3.63) is 75.9 Å². The van der Waals surface area contributed by atoms with Gasteiger partial charge in [-0.05, 0) is 74.7 Å². The molecular formula is C28H30Cl2N4O2.